The van der Waals surface area contributed by atoms with Gasteiger partial charge in [-0.25, -0.2) is 0 Å². The summed E-state index contributed by atoms with van der Waals surface area (Å²) in [4.78, 5) is 7.76. The molecular formula is C60H55N3. The van der Waals surface area contributed by atoms with Gasteiger partial charge in [0, 0.05) is 33.9 Å². The van der Waals surface area contributed by atoms with Crippen LogP contribution in [0.1, 0.15) is 97.2 Å². The average Bonchev–Trinajstić information content (AvgIpc) is 3.42. The summed E-state index contributed by atoms with van der Waals surface area (Å²) < 4.78 is 0. The van der Waals surface area contributed by atoms with Gasteiger partial charge in [0.05, 0.1) is 22.8 Å². The van der Waals surface area contributed by atoms with Crippen LogP contribution in [0.2, 0.25) is 0 Å². The molecule has 6 aromatic carbocycles. The Kier molecular flexibility index (Phi) is 9.11. The maximum Gasteiger partial charge on any atom is 0.0700 e. The summed E-state index contributed by atoms with van der Waals surface area (Å²) in [5, 5.41) is 2.60. The molecule has 6 aromatic rings. The highest BCUT2D eigenvalue weighted by Gasteiger charge is 2.47. The molecule has 0 radical (unpaired) electrons. The van der Waals surface area contributed by atoms with E-state index < -0.39 is 0 Å². The minimum atomic E-state index is 0.00494. The zero-order chi connectivity index (χ0) is 42.2. The van der Waals surface area contributed by atoms with Crippen LogP contribution in [0.15, 0.2) is 181 Å². The number of para-hydroxylation sites is 4. The van der Waals surface area contributed by atoms with Crippen molar-refractivity contribution in [1.29, 1.82) is 0 Å². The molecule has 0 fully saturated rings. The fourth-order valence-corrected chi connectivity index (χ4v) is 12.1. The van der Waals surface area contributed by atoms with E-state index in [4.69, 9.17) is 0 Å². The zero-order valence-corrected chi connectivity index (χ0v) is 36.8. The van der Waals surface area contributed by atoms with Gasteiger partial charge < -0.3 is 14.7 Å². The van der Waals surface area contributed by atoms with E-state index in [0.29, 0.717) is 11.8 Å². The van der Waals surface area contributed by atoms with Crippen molar-refractivity contribution in [2.75, 3.05) is 14.7 Å². The van der Waals surface area contributed by atoms with Crippen molar-refractivity contribution in [3.05, 3.63) is 220 Å². The second-order valence-corrected chi connectivity index (χ2v) is 19.1. The molecule has 0 amide bonds. The molecule has 2 atom stereocenters. The van der Waals surface area contributed by atoms with Crippen LogP contribution in [0, 0.1) is 12.8 Å². The molecule has 3 nitrogen and oxygen atoms in total. The summed E-state index contributed by atoms with van der Waals surface area (Å²) >= 11 is 0. The molecule has 63 heavy (non-hydrogen) atoms. The van der Waals surface area contributed by atoms with Gasteiger partial charge in [-0.3, -0.25) is 0 Å². The zero-order valence-electron chi connectivity index (χ0n) is 36.8. The fraction of sp³-hybridized carbons (Fsp3) is 0.233. The Morgan fingerprint density at radius 2 is 1.33 bits per heavy atom. The summed E-state index contributed by atoms with van der Waals surface area (Å²) in [6.45, 7) is 7.27. The third-order valence-electron chi connectivity index (χ3n) is 15.2. The molecule has 0 saturated carbocycles. The third kappa shape index (κ3) is 6.15. The number of nitrogens with zero attached hydrogens (tertiary/aromatic N) is 3. The lowest BCUT2D eigenvalue weighted by atomic mass is 9.72. The Morgan fingerprint density at radius 3 is 2.10 bits per heavy atom. The quantitative estimate of drug-likeness (QED) is 0.161. The smallest absolute Gasteiger partial charge is 0.0700 e. The monoisotopic (exact) mass is 817 g/mol. The first kappa shape index (κ1) is 38.1. The van der Waals surface area contributed by atoms with E-state index >= 15 is 0 Å². The molecule has 0 spiro atoms. The maximum atomic E-state index is 2.69. The largest absolute Gasteiger partial charge is 0.314 e. The summed E-state index contributed by atoms with van der Waals surface area (Å²) in [6.07, 6.45) is 27.6. The number of rotatable bonds is 5. The topological polar surface area (TPSA) is 9.72 Å². The molecular weight excluding hydrogens is 763 g/mol. The predicted octanol–water partition coefficient (Wildman–Crippen LogP) is 15.7. The maximum absolute atomic E-state index is 2.69. The van der Waals surface area contributed by atoms with Crippen LogP contribution in [0.3, 0.4) is 0 Å². The fourth-order valence-electron chi connectivity index (χ4n) is 12.1. The average molecular weight is 818 g/mol. The second kappa shape index (κ2) is 15.1. The van der Waals surface area contributed by atoms with Crippen molar-refractivity contribution < 1.29 is 0 Å². The van der Waals surface area contributed by atoms with Crippen LogP contribution in [0.25, 0.3) is 22.9 Å². The number of benzene rings is 6. The lowest BCUT2D eigenvalue weighted by molar-refractivity contribution is 0.341. The van der Waals surface area contributed by atoms with Crippen molar-refractivity contribution in [2.24, 2.45) is 5.92 Å². The Morgan fingerprint density at radius 1 is 0.603 bits per heavy atom. The molecule has 0 N–H and O–H groups in total. The summed E-state index contributed by atoms with van der Waals surface area (Å²) in [6, 6.07) is 45.9. The van der Waals surface area contributed by atoms with Crippen LogP contribution >= 0.6 is 0 Å². The SMILES string of the molecule is Cc1cccc2c(/C=C/c3ccc4c(c3)C(C)(C)C3C=C(N5C6=C(C=CCC6)N(C6=CC=CCC6)c6ccccc65)CCC43)ccc(N3c4ccccc4CCc4ccccc43)c12. The number of allylic oxidation sites excluding steroid dienone is 9. The number of hydrogen-bond donors (Lipinski definition) is 0. The molecule has 310 valence electrons. The summed E-state index contributed by atoms with van der Waals surface area (Å²) in [7, 11) is 0. The molecule has 6 aliphatic rings. The van der Waals surface area contributed by atoms with E-state index in [-0.39, 0.29) is 5.41 Å². The van der Waals surface area contributed by atoms with Gasteiger partial charge in [-0.2, -0.15) is 0 Å². The van der Waals surface area contributed by atoms with Crippen molar-refractivity contribution in [3.63, 3.8) is 0 Å². The summed E-state index contributed by atoms with van der Waals surface area (Å²) in [5.41, 5.74) is 21.8. The highest BCUT2D eigenvalue weighted by molar-refractivity contribution is 6.06. The minimum absolute atomic E-state index is 0.00494. The first-order valence-electron chi connectivity index (χ1n) is 23.4. The van der Waals surface area contributed by atoms with Crippen molar-refractivity contribution in [3.8, 4) is 0 Å². The van der Waals surface area contributed by atoms with Gasteiger partial charge in [-0.05, 0) is 162 Å². The lowest BCUT2D eigenvalue weighted by Crippen LogP contribution is -2.38. The van der Waals surface area contributed by atoms with Crippen molar-refractivity contribution in [1.82, 2.24) is 0 Å². The highest BCUT2D eigenvalue weighted by atomic mass is 15.3. The molecule has 2 heterocycles. The van der Waals surface area contributed by atoms with Crippen LogP contribution in [-0.4, -0.2) is 0 Å². The van der Waals surface area contributed by atoms with E-state index in [2.05, 4.69) is 205 Å². The minimum Gasteiger partial charge on any atom is -0.314 e. The van der Waals surface area contributed by atoms with Gasteiger partial charge in [-0.1, -0.05) is 141 Å². The van der Waals surface area contributed by atoms with Gasteiger partial charge >= 0.3 is 0 Å². The van der Waals surface area contributed by atoms with E-state index in [1.165, 1.54) is 102 Å². The Balaban J connectivity index is 0.887. The number of hydrogen-bond acceptors (Lipinski definition) is 3. The van der Waals surface area contributed by atoms with E-state index in [1.807, 2.05) is 0 Å². The van der Waals surface area contributed by atoms with E-state index in [9.17, 15) is 0 Å². The molecule has 2 unspecified atom stereocenters. The number of fused-ring (bicyclic) bond motifs is 7. The first-order valence-corrected chi connectivity index (χ1v) is 23.4. The molecule has 2 aliphatic heterocycles. The number of anilines is 5. The van der Waals surface area contributed by atoms with Gasteiger partial charge in [0.1, 0.15) is 0 Å². The third-order valence-corrected chi connectivity index (χ3v) is 15.2. The lowest BCUT2D eigenvalue weighted by Gasteiger charge is -2.46. The van der Waals surface area contributed by atoms with Gasteiger partial charge in [0.15, 0.2) is 0 Å². The van der Waals surface area contributed by atoms with Crippen LogP contribution in [0.5, 0.6) is 0 Å². The summed E-state index contributed by atoms with van der Waals surface area (Å²) in [5.74, 6) is 0.963. The van der Waals surface area contributed by atoms with Crippen LogP contribution in [-0.2, 0) is 18.3 Å². The second-order valence-electron chi connectivity index (χ2n) is 19.1. The van der Waals surface area contributed by atoms with Crippen LogP contribution < -0.4 is 14.7 Å². The number of aryl methyl sites for hydroxylation is 3. The van der Waals surface area contributed by atoms with Gasteiger partial charge in [-0.15, -0.1) is 0 Å². The molecule has 0 bridgehead atoms. The van der Waals surface area contributed by atoms with Gasteiger partial charge in [0.2, 0.25) is 0 Å². The Hall–Kier alpha value is -6.58. The molecule has 12 rings (SSSR count). The standard InChI is InChI=1S/C60H55N3/c1-40-16-15-21-47-42(33-37-58(59(40)47)63-52-22-9-7-17-43(52)31-32-44-18-8-10-23-53(44)63)30-28-41-29-35-48-49-36-34-46(39-51(49)60(2,3)50(48)38-41)62-56-26-13-11-24-54(56)61(45-19-5-4-6-20-45)55-25-12-14-27-57(55)62/h4-5,7-13,15-19,21-26,28-30,33,35,37-39,49,51H,6,14,20,27,31-32,34,36H2,1-3H3/b30-28+. The van der Waals surface area contributed by atoms with Gasteiger partial charge in [0.25, 0.3) is 0 Å². The van der Waals surface area contributed by atoms with E-state index in [0.717, 1.165) is 44.9 Å². The molecule has 0 aromatic heterocycles. The predicted molar refractivity (Wildman–Crippen MR) is 266 cm³/mol. The molecule has 3 heteroatoms. The first-order chi connectivity index (χ1) is 30.9. The van der Waals surface area contributed by atoms with Crippen molar-refractivity contribution >= 4 is 51.4 Å². The highest BCUT2D eigenvalue weighted by Crippen LogP contribution is 2.58. The van der Waals surface area contributed by atoms with E-state index in [1.54, 1.807) is 5.56 Å². The van der Waals surface area contributed by atoms with Crippen molar-refractivity contribution in [2.45, 2.75) is 83.5 Å². The normalized spacial score (nSPS) is 20.7. The molecule has 4 aliphatic carbocycles. The Bertz CT molecular complexity index is 2990. The van der Waals surface area contributed by atoms with Crippen LogP contribution in [0.4, 0.5) is 28.4 Å². The molecule has 0 saturated heterocycles. The Labute approximate surface area is 373 Å².